The maximum atomic E-state index is 10.8. The minimum Gasteiger partial charge on any atom is -0.489 e. The van der Waals surface area contributed by atoms with Gasteiger partial charge in [0.2, 0.25) is 0 Å². The van der Waals surface area contributed by atoms with Gasteiger partial charge < -0.3 is 9.84 Å². The van der Waals surface area contributed by atoms with E-state index in [-0.39, 0.29) is 6.61 Å². The molecule has 4 heteroatoms. The molecule has 0 atom stereocenters. The minimum absolute atomic E-state index is 0.263. The van der Waals surface area contributed by atoms with Crippen LogP contribution in [0.4, 0.5) is 0 Å². The molecule has 0 saturated heterocycles. The molecule has 0 radical (unpaired) electrons. The van der Waals surface area contributed by atoms with Crippen molar-refractivity contribution in [1.82, 2.24) is 0 Å². The lowest BCUT2D eigenvalue weighted by molar-refractivity contribution is -0.132. The standard InChI is InChI=1S/C17H21ClO3/c1-12(17(19)20)9-10-21-16-8-7-14(18)11-15(16)13-5-3-2-4-6-13/h7-9,11,13H,2-6,10H2,1H3,(H,19,20). The van der Waals surface area contributed by atoms with Crippen LogP contribution in [-0.4, -0.2) is 17.7 Å². The molecule has 2 rings (SSSR count). The lowest BCUT2D eigenvalue weighted by atomic mass is 9.84. The Labute approximate surface area is 130 Å². The van der Waals surface area contributed by atoms with Gasteiger partial charge >= 0.3 is 5.97 Å². The Morgan fingerprint density at radius 3 is 2.76 bits per heavy atom. The zero-order valence-electron chi connectivity index (χ0n) is 12.3. The lowest BCUT2D eigenvalue weighted by Gasteiger charge is -2.24. The number of hydrogen-bond donors (Lipinski definition) is 1. The van der Waals surface area contributed by atoms with Gasteiger partial charge in [0.1, 0.15) is 12.4 Å². The van der Waals surface area contributed by atoms with E-state index in [4.69, 9.17) is 21.4 Å². The van der Waals surface area contributed by atoms with Gasteiger partial charge in [0.25, 0.3) is 0 Å². The molecule has 1 aromatic carbocycles. The minimum atomic E-state index is -0.915. The van der Waals surface area contributed by atoms with Gasteiger partial charge in [0.15, 0.2) is 0 Å². The van der Waals surface area contributed by atoms with Crippen LogP contribution in [0.3, 0.4) is 0 Å². The molecule has 0 aromatic heterocycles. The van der Waals surface area contributed by atoms with Crippen LogP contribution in [-0.2, 0) is 4.79 Å². The Kier molecular flexibility index (Phi) is 5.68. The molecule has 0 heterocycles. The van der Waals surface area contributed by atoms with Crippen molar-refractivity contribution in [3.63, 3.8) is 0 Å². The summed E-state index contributed by atoms with van der Waals surface area (Å²) in [4.78, 5) is 10.8. The van der Waals surface area contributed by atoms with Crippen molar-refractivity contribution in [2.45, 2.75) is 44.9 Å². The summed E-state index contributed by atoms with van der Waals surface area (Å²) in [7, 11) is 0. The average molecular weight is 309 g/mol. The number of ether oxygens (including phenoxy) is 1. The van der Waals surface area contributed by atoms with Gasteiger partial charge in [-0.05, 0) is 55.5 Å². The molecule has 3 nitrogen and oxygen atoms in total. The Hall–Kier alpha value is -1.48. The summed E-state index contributed by atoms with van der Waals surface area (Å²) in [6.45, 7) is 1.83. The number of rotatable bonds is 5. The monoisotopic (exact) mass is 308 g/mol. The fraction of sp³-hybridized carbons (Fsp3) is 0.471. The van der Waals surface area contributed by atoms with Crippen molar-refractivity contribution < 1.29 is 14.6 Å². The van der Waals surface area contributed by atoms with Gasteiger partial charge in [-0.1, -0.05) is 30.9 Å². The third-order valence-corrected chi connectivity index (χ3v) is 4.22. The Balaban J connectivity index is 2.11. The maximum Gasteiger partial charge on any atom is 0.331 e. The molecular weight excluding hydrogens is 288 g/mol. The Morgan fingerprint density at radius 2 is 2.10 bits per heavy atom. The van der Waals surface area contributed by atoms with E-state index in [9.17, 15) is 4.79 Å². The molecule has 114 valence electrons. The van der Waals surface area contributed by atoms with Crippen LogP contribution < -0.4 is 4.74 Å². The molecule has 0 amide bonds. The normalized spacial score (nSPS) is 16.8. The van der Waals surface area contributed by atoms with E-state index in [1.54, 1.807) is 13.0 Å². The van der Waals surface area contributed by atoms with Gasteiger partial charge in [-0.2, -0.15) is 0 Å². The Morgan fingerprint density at radius 1 is 1.38 bits per heavy atom. The molecule has 1 aliphatic carbocycles. The van der Waals surface area contributed by atoms with Crippen molar-refractivity contribution in [3.8, 4) is 5.75 Å². The van der Waals surface area contributed by atoms with Crippen molar-refractivity contribution in [1.29, 1.82) is 0 Å². The van der Waals surface area contributed by atoms with Crippen LogP contribution in [0.2, 0.25) is 5.02 Å². The molecule has 1 N–H and O–H groups in total. The predicted molar refractivity (Wildman–Crippen MR) is 84.2 cm³/mol. The second-order valence-corrected chi connectivity index (χ2v) is 5.96. The molecule has 21 heavy (non-hydrogen) atoms. The molecule has 0 bridgehead atoms. The second kappa shape index (κ2) is 7.51. The van der Waals surface area contributed by atoms with Crippen LogP contribution in [0, 0.1) is 0 Å². The molecular formula is C17H21ClO3. The van der Waals surface area contributed by atoms with Crippen molar-refractivity contribution in [2.24, 2.45) is 0 Å². The van der Waals surface area contributed by atoms with E-state index >= 15 is 0 Å². The zero-order valence-corrected chi connectivity index (χ0v) is 13.0. The highest BCUT2D eigenvalue weighted by molar-refractivity contribution is 6.30. The second-order valence-electron chi connectivity index (χ2n) is 5.52. The molecule has 1 saturated carbocycles. The number of carboxylic acid groups (broad SMARTS) is 1. The quantitative estimate of drug-likeness (QED) is 0.795. The van der Waals surface area contributed by atoms with E-state index in [1.807, 2.05) is 18.2 Å². The van der Waals surface area contributed by atoms with Crippen LogP contribution in [0.1, 0.15) is 50.5 Å². The summed E-state index contributed by atoms with van der Waals surface area (Å²) in [6, 6.07) is 5.69. The van der Waals surface area contributed by atoms with Gasteiger partial charge in [0, 0.05) is 10.6 Å². The fourth-order valence-electron chi connectivity index (χ4n) is 2.73. The highest BCUT2D eigenvalue weighted by Gasteiger charge is 2.19. The summed E-state index contributed by atoms with van der Waals surface area (Å²) < 4.78 is 5.77. The summed E-state index contributed by atoms with van der Waals surface area (Å²) in [5, 5.41) is 9.56. The molecule has 0 unspecified atom stereocenters. The molecule has 0 aliphatic heterocycles. The smallest absolute Gasteiger partial charge is 0.331 e. The van der Waals surface area contributed by atoms with Crippen LogP contribution >= 0.6 is 11.6 Å². The summed E-state index contributed by atoms with van der Waals surface area (Å²) >= 11 is 6.12. The summed E-state index contributed by atoms with van der Waals surface area (Å²) in [6.07, 6.45) is 7.71. The number of carbonyl (C=O) groups is 1. The number of halogens is 1. The number of hydrogen-bond acceptors (Lipinski definition) is 2. The lowest BCUT2D eigenvalue weighted by Crippen LogP contribution is -2.08. The number of aliphatic carboxylic acids is 1. The van der Waals surface area contributed by atoms with E-state index in [2.05, 4.69) is 0 Å². The zero-order chi connectivity index (χ0) is 15.2. The first-order valence-corrected chi connectivity index (χ1v) is 7.78. The molecule has 1 aliphatic rings. The number of carboxylic acids is 1. The van der Waals surface area contributed by atoms with Crippen LogP contribution in [0.15, 0.2) is 29.8 Å². The van der Waals surface area contributed by atoms with Gasteiger partial charge in [-0.15, -0.1) is 0 Å². The fourth-order valence-corrected chi connectivity index (χ4v) is 2.91. The maximum absolute atomic E-state index is 10.8. The first kappa shape index (κ1) is 15.9. The Bertz CT molecular complexity index is 531. The topological polar surface area (TPSA) is 46.5 Å². The predicted octanol–water partition coefficient (Wildman–Crippen LogP) is 4.80. The molecule has 1 fully saturated rings. The van der Waals surface area contributed by atoms with E-state index < -0.39 is 5.97 Å². The highest BCUT2D eigenvalue weighted by Crippen LogP contribution is 2.38. The van der Waals surface area contributed by atoms with Crippen molar-refractivity contribution in [3.05, 3.63) is 40.4 Å². The molecule has 0 spiro atoms. The summed E-state index contributed by atoms with van der Waals surface area (Å²) in [5.74, 6) is 0.403. The average Bonchev–Trinajstić information content (AvgIpc) is 2.49. The van der Waals surface area contributed by atoms with Crippen LogP contribution in [0.25, 0.3) is 0 Å². The third kappa shape index (κ3) is 4.50. The highest BCUT2D eigenvalue weighted by atomic mass is 35.5. The first-order chi connectivity index (χ1) is 10.1. The van der Waals surface area contributed by atoms with Crippen molar-refractivity contribution in [2.75, 3.05) is 6.61 Å². The third-order valence-electron chi connectivity index (χ3n) is 3.98. The summed E-state index contributed by atoms with van der Waals surface area (Å²) in [5.41, 5.74) is 1.45. The van der Waals surface area contributed by atoms with Gasteiger partial charge in [0.05, 0.1) is 0 Å². The van der Waals surface area contributed by atoms with Gasteiger partial charge in [-0.25, -0.2) is 4.79 Å². The van der Waals surface area contributed by atoms with Gasteiger partial charge in [-0.3, -0.25) is 0 Å². The van der Waals surface area contributed by atoms with Crippen LogP contribution in [0.5, 0.6) is 5.75 Å². The molecule has 1 aromatic rings. The largest absolute Gasteiger partial charge is 0.489 e. The SMILES string of the molecule is CC(=CCOc1ccc(Cl)cc1C1CCCCC1)C(=O)O. The van der Waals surface area contributed by atoms with E-state index in [0.717, 1.165) is 16.3 Å². The van der Waals surface area contributed by atoms with E-state index in [0.29, 0.717) is 11.5 Å². The first-order valence-electron chi connectivity index (χ1n) is 7.40. The van der Waals surface area contributed by atoms with Crippen molar-refractivity contribution >= 4 is 17.6 Å². The van der Waals surface area contributed by atoms with E-state index in [1.165, 1.54) is 32.1 Å². The number of benzene rings is 1.